The van der Waals surface area contributed by atoms with Gasteiger partial charge >= 0.3 is 5.97 Å². The molecule has 0 aliphatic carbocycles. The molecule has 0 amide bonds. The zero-order valence-electron chi connectivity index (χ0n) is 25.6. The molecule has 234 valence electrons. The smallest absolute Gasteiger partial charge is 0.308 e. The molecule has 3 N–H and O–H groups in total. The van der Waals surface area contributed by atoms with E-state index in [2.05, 4.69) is 0 Å². The highest BCUT2D eigenvalue weighted by Crippen LogP contribution is 2.34. The Morgan fingerprint density at radius 2 is 1.80 bits per heavy atom. The lowest BCUT2D eigenvalue weighted by atomic mass is 9.79. The Hall–Kier alpha value is -1.95. The van der Waals surface area contributed by atoms with Crippen LogP contribution in [-0.2, 0) is 28.6 Å². The SMILES string of the molecule is CCC1OC(=O)CC(O)C(C)C(OC2OC(C)CC(N(C)C)C2O)C(CC=O)CC(C)C(=O)C=CC(C)=CC1CO. The number of ether oxygens (including phenoxy) is 3. The topological polar surface area (TPSA) is 143 Å². The fourth-order valence-corrected chi connectivity index (χ4v) is 5.85. The number of aliphatic hydroxyl groups is 3. The molecular weight excluding hydrogens is 530 g/mol. The fraction of sp³-hybridized carbons (Fsp3) is 0.774. The van der Waals surface area contributed by atoms with E-state index in [1.165, 1.54) is 6.08 Å². The van der Waals surface area contributed by atoms with Gasteiger partial charge in [-0.2, -0.15) is 0 Å². The summed E-state index contributed by atoms with van der Waals surface area (Å²) in [5, 5.41) is 32.3. The van der Waals surface area contributed by atoms with Crippen molar-refractivity contribution in [2.75, 3.05) is 20.7 Å². The third-order valence-corrected chi connectivity index (χ3v) is 8.44. The minimum absolute atomic E-state index is 0.0536. The standard InChI is InChI=1S/C31H51NO9/c1-8-27-23(17-34)13-18(2)9-10-25(35)19(3)14-22(11-12-33)30(21(5)26(36)16-28(37)40-27)41-31-29(38)24(32(6)7)15-20(4)39-31/h9-10,12-13,19-24,26-27,29-31,34,36,38H,8,11,14-17H2,1-7H3. The molecule has 1 saturated heterocycles. The van der Waals surface area contributed by atoms with E-state index >= 15 is 0 Å². The number of carbonyl (C=O) groups excluding carboxylic acids is 3. The number of allylic oxidation sites excluding steroid dienone is 3. The number of aliphatic hydroxyl groups excluding tert-OH is 3. The first kappa shape index (κ1) is 35.2. The number of likely N-dealkylation sites (N-methyl/N-ethyl adjacent to an activating group) is 1. The van der Waals surface area contributed by atoms with Gasteiger partial charge in [-0.1, -0.05) is 38.5 Å². The van der Waals surface area contributed by atoms with E-state index in [9.17, 15) is 29.7 Å². The molecule has 0 aromatic rings. The van der Waals surface area contributed by atoms with Crippen molar-refractivity contribution in [1.29, 1.82) is 0 Å². The van der Waals surface area contributed by atoms with Crippen LogP contribution < -0.4 is 0 Å². The summed E-state index contributed by atoms with van der Waals surface area (Å²) in [6, 6.07) is -0.234. The Morgan fingerprint density at radius 3 is 2.39 bits per heavy atom. The first-order chi connectivity index (χ1) is 19.3. The molecule has 11 atom stereocenters. The van der Waals surface area contributed by atoms with Crippen molar-refractivity contribution in [2.45, 2.75) is 110 Å². The van der Waals surface area contributed by atoms with E-state index in [-0.39, 0.29) is 43.8 Å². The van der Waals surface area contributed by atoms with Gasteiger partial charge in [-0.3, -0.25) is 9.59 Å². The third-order valence-electron chi connectivity index (χ3n) is 8.44. The van der Waals surface area contributed by atoms with E-state index in [0.29, 0.717) is 12.8 Å². The molecule has 11 unspecified atom stereocenters. The number of esters is 1. The quantitative estimate of drug-likeness (QED) is 0.303. The number of ketones is 1. The Morgan fingerprint density at radius 1 is 1.12 bits per heavy atom. The Bertz CT molecular complexity index is 919. The predicted molar refractivity (Wildman–Crippen MR) is 154 cm³/mol. The van der Waals surface area contributed by atoms with Gasteiger partial charge in [0.25, 0.3) is 0 Å². The molecule has 0 bridgehead atoms. The average molecular weight is 582 g/mol. The van der Waals surface area contributed by atoms with Crippen LogP contribution in [0.1, 0.15) is 66.7 Å². The second-order valence-electron chi connectivity index (χ2n) is 12.0. The molecular formula is C31H51NO9. The second kappa shape index (κ2) is 16.6. The number of hydrogen-bond donors (Lipinski definition) is 3. The van der Waals surface area contributed by atoms with Crippen LogP contribution in [0.5, 0.6) is 0 Å². The molecule has 2 heterocycles. The number of cyclic esters (lactones) is 1. The van der Waals surface area contributed by atoms with E-state index in [0.717, 1.165) is 11.9 Å². The van der Waals surface area contributed by atoms with Crippen molar-refractivity contribution in [1.82, 2.24) is 4.90 Å². The van der Waals surface area contributed by atoms with Crippen LogP contribution in [0.15, 0.2) is 23.8 Å². The van der Waals surface area contributed by atoms with Gasteiger partial charge in [0.05, 0.1) is 31.3 Å². The van der Waals surface area contributed by atoms with Crippen molar-refractivity contribution in [2.24, 2.45) is 23.7 Å². The maximum atomic E-state index is 13.1. The number of aldehydes is 1. The van der Waals surface area contributed by atoms with Gasteiger partial charge in [-0.15, -0.1) is 0 Å². The number of rotatable bonds is 7. The van der Waals surface area contributed by atoms with Crippen molar-refractivity contribution in [3.8, 4) is 0 Å². The zero-order chi connectivity index (χ0) is 30.9. The lowest BCUT2D eigenvalue weighted by molar-refractivity contribution is -0.283. The number of hydrogen-bond acceptors (Lipinski definition) is 10. The summed E-state index contributed by atoms with van der Waals surface area (Å²) in [6.07, 6.45) is 1.85. The zero-order valence-corrected chi connectivity index (χ0v) is 25.6. The minimum Gasteiger partial charge on any atom is -0.462 e. The van der Waals surface area contributed by atoms with Crippen molar-refractivity contribution < 1.29 is 43.9 Å². The fourth-order valence-electron chi connectivity index (χ4n) is 5.85. The third kappa shape index (κ3) is 10.1. The molecule has 10 nitrogen and oxygen atoms in total. The molecule has 1 fully saturated rings. The molecule has 0 radical (unpaired) electrons. The summed E-state index contributed by atoms with van der Waals surface area (Å²) in [5.41, 5.74) is 0.735. The van der Waals surface area contributed by atoms with Crippen LogP contribution in [0, 0.1) is 23.7 Å². The molecule has 2 rings (SSSR count). The molecule has 0 aromatic heterocycles. The van der Waals surface area contributed by atoms with Gasteiger partial charge in [0, 0.05) is 30.2 Å². The van der Waals surface area contributed by atoms with E-state index in [4.69, 9.17) is 14.2 Å². The highest BCUT2D eigenvalue weighted by atomic mass is 16.7. The average Bonchev–Trinajstić information content (AvgIpc) is 2.92. The van der Waals surface area contributed by atoms with Crippen LogP contribution >= 0.6 is 0 Å². The largest absolute Gasteiger partial charge is 0.462 e. The molecule has 0 saturated carbocycles. The van der Waals surface area contributed by atoms with Crippen LogP contribution in [0.2, 0.25) is 0 Å². The van der Waals surface area contributed by atoms with Crippen LogP contribution in [0.4, 0.5) is 0 Å². The van der Waals surface area contributed by atoms with Gasteiger partial charge in [-0.05, 0) is 59.2 Å². The van der Waals surface area contributed by atoms with Gasteiger partial charge in [0.2, 0.25) is 0 Å². The maximum absolute atomic E-state index is 13.1. The summed E-state index contributed by atoms with van der Waals surface area (Å²) >= 11 is 0. The summed E-state index contributed by atoms with van der Waals surface area (Å²) in [5.74, 6) is -2.89. The van der Waals surface area contributed by atoms with Gasteiger partial charge in [0.15, 0.2) is 12.1 Å². The van der Waals surface area contributed by atoms with Crippen LogP contribution in [0.25, 0.3) is 0 Å². The van der Waals surface area contributed by atoms with Crippen LogP contribution in [-0.4, -0.2) is 102 Å². The van der Waals surface area contributed by atoms with Crippen molar-refractivity contribution >= 4 is 18.0 Å². The Kier molecular flexibility index (Phi) is 14.3. The highest BCUT2D eigenvalue weighted by Gasteiger charge is 2.43. The van der Waals surface area contributed by atoms with Gasteiger partial charge in [0.1, 0.15) is 18.5 Å². The van der Waals surface area contributed by atoms with E-state index in [1.807, 2.05) is 32.8 Å². The first-order valence-electron chi connectivity index (χ1n) is 14.8. The number of nitrogens with zero attached hydrogens (tertiary/aromatic N) is 1. The normalized spacial score (nSPS) is 38.4. The van der Waals surface area contributed by atoms with E-state index in [1.54, 1.807) is 32.9 Å². The predicted octanol–water partition coefficient (Wildman–Crippen LogP) is 2.43. The van der Waals surface area contributed by atoms with Crippen molar-refractivity contribution in [3.05, 3.63) is 23.8 Å². The van der Waals surface area contributed by atoms with Gasteiger partial charge in [-0.25, -0.2) is 0 Å². The summed E-state index contributed by atoms with van der Waals surface area (Å²) in [7, 11) is 3.73. The lowest BCUT2D eigenvalue weighted by Gasteiger charge is -2.44. The second-order valence-corrected chi connectivity index (χ2v) is 12.0. The maximum Gasteiger partial charge on any atom is 0.308 e. The summed E-state index contributed by atoms with van der Waals surface area (Å²) < 4.78 is 18.1. The highest BCUT2D eigenvalue weighted by molar-refractivity contribution is 5.91. The summed E-state index contributed by atoms with van der Waals surface area (Å²) in [6.45, 7) is 8.78. The van der Waals surface area contributed by atoms with Crippen LogP contribution in [0.3, 0.4) is 0 Å². The Balaban J connectivity index is 2.50. The molecule has 2 aliphatic rings. The Labute approximate surface area is 244 Å². The van der Waals surface area contributed by atoms with Crippen molar-refractivity contribution in [3.63, 3.8) is 0 Å². The molecule has 0 spiro atoms. The molecule has 41 heavy (non-hydrogen) atoms. The summed E-state index contributed by atoms with van der Waals surface area (Å²) in [4.78, 5) is 39.8. The number of carbonyl (C=O) groups is 3. The van der Waals surface area contributed by atoms with Gasteiger partial charge < -0.3 is 39.2 Å². The molecule has 0 aromatic carbocycles. The lowest BCUT2D eigenvalue weighted by Crippen LogP contribution is -2.56. The monoisotopic (exact) mass is 581 g/mol. The molecule has 2 aliphatic heterocycles. The molecule has 10 heteroatoms. The minimum atomic E-state index is -1.20. The van der Waals surface area contributed by atoms with E-state index < -0.39 is 60.3 Å². The first-order valence-corrected chi connectivity index (χ1v) is 14.8.